The van der Waals surface area contributed by atoms with Crippen molar-refractivity contribution in [1.29, 1.82) is 0 Å². The summed E-state index contributed by atoms with van der Waals surface area (Å²) in [6.45, 7) is 4.44. The molecule has 0 fully saturated rings. The quantitative estimate of drug-likeness (QED) is 0.0169. The highest BCUT2D eigenvalue weighted by Crippen LogP contribution is 2.45. The molecule has 0 amide bonds. The van der Waals surface area contributed by atoms with Crippen LogP contribution in [0.2, 0.25) is 0 Å². The molecule has 0 bridgehead atoms. The van der Waals surface area contributed by atoms with Gasteiger partial charge in [-0.3, -0.25) is 37.3 Å². The first-order chi connectivity index (χ1) is 54.7. The summed E-state index contributed by atoms with van der Waals surface area (Å²) < 4.78 is 68.7. The zero-order valence-electron chi connectivity index (χ0n) is 69.5. The minimum atomic E-state index is -5.02. The number of phosphoric ester groups is 2. The van der Waals surface area contributed by atoms with Crippen molar-refractivity contribution in [3.05, 3.63) is 194 Å². The summed E-state index contributed by atoms with van der Waals surface area (Å²) in [6.07, 6.45) is 103. The molecule has 0 aromatic heterocycles. The van der Waals surface area contributed by atoms with Crippen LogP contribution in [-0.4, -0.2) is 96.7 Å². The number of carbonyl (C=O) groups is 4. The van der Waals surface area contributed by atoms with E-state index in [-0.39, 0.29) is 25.7 Å². The molecule has 0 radical (unpaired) electrons. The van der Waals surface area contributed by atoms with Crippen LogP contribution in [0.1, 0.15) is 310 Å². The molecule has 2 unspecified atom stereocenters. The van der Waals surface area contributed by atoms with Crippen LogP contribution in [0.15, 0.2) is 194 Å². The first kappa shape index (κ1) is 106. The second-order valence-electron chi connectivity index (χ2n) is 27.6. The lowest BCUT2D eigenvalue weighted by atomic mass is 10.1. The molecule has 0 aliphatic rings. The van der Waals surface area contributed by atoms with Crippen LogP contribution in [0.4, 0.5) is 0 Å². The molecule has 17 nitrogen and oxygen atoms in total. The van der Waals surface area contributed by atoms with Crippen molar-refractivity contribution in [2.75, 3.05) is 39.6 Å². The molecule has 0 aromatic rings. The number of aliphatic hydroxyl groups is 1. The highest BCUT2D eigenvalue weighted by molar-refractivity contribution is 7.47. The van der Waals surface area contributed by atoms with Crippen molar-refractivity contribution >= 4 is 39.5 Å². The number of esters is 4. The van der Waals surface area contributed by atoms with Crippen LogP contribution in [0.5, 0.6) is 0 Å². The number of rotatable bonds is 78. The van der Waals surface area contributed by atoms with Gasteiger partial charge in [-0.1, -0.05) is 299 Å². The summed E-state index contributed by atoms with van der Waals surface area (Å²) in [5.74, 6) is -2.36. The van der Waals surface area contributed by atoms with Crippen LogP contribution in [0.3, 0.4) is 0 Å². The number of unbranched alkanes of at least 4 members (excludes halogenated alkanes) is 20. The molecule has 0 rings (SSSR count). The minimum absolute atomic E-state index is 0.0447. The zero-order chi connectivity index (χ0) is 81.7. The second-order valence-corrected chi connectivity index (χ2v) is 30.6. The average Bonchev–Trinajstić information content (AvgIpc) is 0.908. The van der Waals surface area contributed by atoms with Gasteiger partial charge in [0.1, 0.15) is 19.3 Å². The van der Waals surface area contributed by atoms with Gasteiger partial charge in [0.25, 0.3) is 0 Å². The normalized spacial score (nSPS) is 14.7. The Bertz CT molecular complexity index is 2890. The molecule has 3 N–H and O–H groups in total. The van der Waals surface area contributed by atoms with Gasteiger partial charge in [-0.2, -0.15) is 0 Å². The minimum Gasteiger partial charge on any atom is -0.462 e. The van der Waals surface area contributed by atoms with Gasteiger partial charge in [-0.05, 0) is 180 Å². The second kappa shape index (κ2) is 82.9. The van der Waals surface area contributed by atoms with E-state index in [2.05, 4.69) is 204 Å². The topological polar surface area (TPSA) is 237 Å². The van der Waals surface area contributed by atoms with Gasteiger partial charge >= 0.3 is 39.5 Å². The Morgan fingerprint density at radius 1 is 0.259 bits per heavy atom. The fourth-order valence-electron chi connectivity index (χ4n) is 10.6. The van der Waals surface area contributed by atoms with Crippen molar-refractivity contribution in [3.63, 3.8) is 0 Å². The van der Waals surface area contributed by atoms with Gasteiger partial charge in [-0.15, -0.1) is 0 Å². The summed E-state index contributed by atoms with van der Waals surface area (Å²) in [4.78, 5) is 73.2. The predicted octanol–water partition coefficient (Wildman–Crippen LogP) is 25.7. The number of aliphatic hydroxyl groups excluding tert-OH is 1. The molecule has 5 atom stereocenters. The first-order valence-corrected chi connectivity index (χ1v) is 45.7. The fraction of sp³-hybridized carbons (Fsp3) is 0.613. The molecule has 0 saturated carbocycles. The Balaban J connectivity index is 5.55. The number of hydrogen-bond acceptors (Lipinski definition) is 15. The van der Waals surface area contributed by atoms with Gasteiger partial charge in [0.2, 0.25) is 0 Å². The third-order valence-electron chi connectivity index (χ3n) is 17.0. The van der Waals surface area contributed by atoms with E-state index in [1.54, 1.807) is 0 Å². The lowest BCUT2D eigenvalue weighted by Crippen LogP contribution is -2.30. The number of ether oxygens (including phenoxy) is 4. The molecule has 0 aromatic carbocycles. The summed E-state index contributed by atoms with van der Waals surface area (Å²) >= 11 is 0. The predicted molar refractivity (Wildman–Crippen MR) is 463 cm³/mol. The van der Waals surface area contributed by atoms with Crippen LogP contribution < -0.4 is 0 Å². The van der Waals surface area contributed by atoms with Gasteiger partial charge in [0.05, 0.1) is 26.4 Å². The lowest BCUT2D eigenvalue weighted by Gasteiger charge is -2.21. The SMILES string of the molecule is CC/C=C\C/C=C\C/C=C\C/C=C\C/C=C\CCCCCC(=O)OC[C@H](COP(=O)(O)OC[C@@H](O)COP(=O)(O)OC[C@@H](COC(=O)CCCCCCCCC/C=C\CCCCCC)OC(=O)CCCCC/C=C\C/C=C\C/C=C\C/C=C\C/C=C\CC)OC(=O)CC/C=C\C/C=C\C/C=C\C/C=C\C/C=C\CCCCC. The third kappa shape index (κ3) is 81.9. The van der Waals surface area contributed by atoms with E-state index in [9.17, 15) is 43.2 Å². The molecule has 0 heterocycles. The van der Waals surface area contributed by atoms with Crippen molar-refractivity contribution in [3.8, 4) is 0 Å². The number of carbonyl (C=O) groups excluding carboxylic acids is 4. The van der Waals surface area contributed by atoms with Crippen molar-refractivity contribution in [2.24, 2.45) is 0 Å². The molecular formula is C93H150O17P2. The maximum Gasteiger partial charge on any atom is 0.472 e. The smallest absolute Gasteiger partial charge is 0.462 e. The molecule has 0 aliphatic carbocycles. The van der Waals surface area contributed by atoms with Gasteiger partial charge in [0, 0.05) is 25.7 Å². The Hall–Kier alpha value is -6.10. The maximum atomic E-state index is 13.1. The maximum absolute atomic E-state index is 13.1. The van der Waals surface area contributed by atoms with E-state index in [4.69, 9.17) is 37.0 Å². The molecular weight excluding hydrogens is 1450 g/mol. The summed E-state index contributed by atoms with van der Waals surface area (Å²) in [5, 5.41) is 10.7. The molecule has 634 valence electrons. The Morgan fingerprint density at radius 3 is 0.804 bits per heavy atom. The molecule has 0 saturated heterocycles. The van der Waals surface area contributed by atoms with Gasteiger partial charge in [-0.25, -0.2) is 9.13 Å². The van der Waals surface area contributed by atoms with E-state index < -0.39 is 97.5 Å². The Kier molecular flexibility index (Phi) is 78.4. The first-order valence-electron chi connectivity index (χ1n) is 42.7. The third-order valence-corrected chi connectivity index (χ3v) is 18.9. The number of hydrogen-bond donors (Lipinski definition) is 3. The van der Waals surface area contributed by atoms with E-state index in [1.165, 1.54) is 44.9 Å². The highest BCUT2D eigenvalue weighted by atomic mass is 31.2. The van der Waals surface area contributed by atoms with Crippen LogP contribution in [0, 0.1) is 0 Å². The average molecular weight is 1600 g/mol. The number of allylic oxidation sites excluding steroid dienone is 32. The summed E-state index contributed by atoms with van der Waals surface area (Å²) in [7, 11) is -10.0. The Labute approximate surface area is 678 Å². The summed E-state index contributed by atoms with van der Waals surface area (Å²) in [5.41, 5.74) is 0. The van der Waals surface area contributed by atoms with E-state index >= 15 is 0 Å². The van der Waals surface area contributed by atoms with Gasteiger partial charge < -0.3 is 33.8 Å². The Morgan fingerprint density at radius 2 is 0.482 bits per heavy atom. The van der Waals surface area contributed by atoms with Crippen LogP contribution >= 0.6 is 15.6 Å². The van der Waals surface area contributed by atoms with Gasteiger partial charge in [0.15, 0.2) is 12.2 Å². The van der Waals surface area contributed by atoms with E-state index in [1.807, 2.05) is 18.2 Å². The molecule has 0 aliphatic heterocycles. The van der Waals surface area contributed by atoms with Crippen LogP contribution in [0.25, 0.3) is 0 Å². The van der Waals surface area contributed by atoms with E-state index in [0.717, 1.165) is 180 Å². The molecule has 19 heteroatoms. The summed E-state index contributed by atoms with van der Waals surface area (Å²) in [6, 6.07) is 0. The van der Waals surface area contributed by atoms with Crippen molar-refractivity contribution in [2.45, 2.75) is 329 Å². The lowest BCUT2D eigenvalue weighted by molar-refractivity contribution is -0.161. The largest absolute Gasteiger partial charge is 0.472 e. The molecule has 112 heavy (non-hydrogen) atoms. The highest BCUT2D eigenvalue weighted by Gasteiger charge is 2.30. The standard InChI is InChI=1S/C93H150O17P2/c1-5-9-13-17-21-25-29-33-37-40-43-46-50-54-58-62-66-70-74-78-91(96)104-84-89(110-93(98)80-76-72-68-64-60-56-52-48-45-42-39-35-31-27-23-19-15-11-7-3)86-108-112(101,102)106-82-87(94)81-105-111(99,100)107-85-88(83-103-90(95)77-73-69-65-61-57-53-49-36-32-28-24-20-16-12-8-4)109-92(97)79-75-71-67-63-59-55-51-47-44-41-38-34-30-26-22-18-14-10-6-2/h9-10,13-14,21-23,25-28,32-35,37-39,43-48,54-56,58-60,68,72,87-89,94H,5-8,11-12,15-20,24,29-31,36,40-42,49-53,57,61-67,69-71,73-86H2,1-4H3,(H,99,100)(H,101,102)/b13-9-,14-10-,25-21-,26-22-,27-23-,32-28-,37-33-,38-34-,39-35-,46-43-,47-44-,48-45-,58-54-,59-55-,60-56-,72-68-/t87-,88+,89+/m0/s1. The zero-order valence-corrected chi connectivity index (χ0v) is 71.3. The fourth-order valence-corrected chi connectivity index (χ4v) is 12.2. The number of phosphoric acid groups is 2. The molecule has 0 spiro atoms. The van der Waals surface area contributed by atoms with Crippen molar-refractivity contribution < 1.29 is 80.2 Å². The van der Waals surface area contributed by atoms with E-state index in [0.29, 0.717) is 32.1 Å². The van der Waals surface area contributed by atoms with Crippen LogP contribution in [-0.2, 0) is 65.4 Å². The van der Waals surface area contributed by atoms with Crippen molar-refractivity contribution in [1.82, 2.24) is 0 Å². The monoisotopic (exact) mass is 1600 g/mol.